The number of anilines is 2. The van der Waals surface area contributed by atoms with Gasteiger partial charge in [0, 0.05) is 53.4 Å². The monoisotopic (exact) mass is 873 g/mol. The summed E-state index contributed by atoms with van der Waals surface area (Å²) in [6.07, 6.45) is 0. The van der Waals surface area contributed by atoms with Crippen molar-refractivity contribution in [1.29, 1.82) is 0 Å². The quantitative estimate of drug-likeness (QED) is 0.126. The van der Waals surface area contributed by atoms with E-state index in [9.17, 15) is 0 Å². The van der Waals surface area contributed by atoms with Crippen molar-refractivity contribution in [1.82, 2.24) is 24.7 Å². The zero-order valence-electron chi connectivity index (χ0n) is 37.0. The number of pyridine rings is 2. The SMILES string of the molecule is CN(C)c1ccccc1.Cc1ccc(-n2c(-c3ccccc3)nnc2-c2ccccc2C)c(C)n1.Cc1ccc(N)c(C)n1.Cc1ccccc1/C(Cl)=N/N=C(\Cl)c1ccccc1. The lowest BCUT2D eigenvalue weighted by molar-refractivity contribution is 1.00. The number of nitrogen functional groups attached to an aromatic ring is 1. The molecule has 9 nitrogen and oxygen atoms in total. The van der Waals surface area contributed by atoms with Gasteiger partial charge in [-0.05, 0) is 89.1 Å². The van der Waals surface area contributed by atoms with Crippen LogP contribution in [0, 0.1) is 41.5 Å². The highest BCUT2D eigenvalue weighted by Gasteiger charge is 2.20. The maximum absolute atomic E-state index is 6.13. The lowest BCUT2D eigenvalue weighted by Gasteiger charge is -2.14. The van der Waals surface area contributed by atoms with E-state index in [1.807, 2.05) is 170 Å². The van der Waals surface area contributed by atoms with Gasteiger partial charge in [-0.1, -0.05) is 151 Å². The molecule has 8 aromatic rings. The van der Waals surface area contributed by atoms with E-state index in [-0.39, 0.29) is 0 Å². The van der Waals surface area contributed by atoms with Gasteiger partial charge in [-0.15, -0.1) is 20.4 Å². The van der Waals surface area contributed by atoms with Gasteiger partial charge in [0.25, 0.3) is 0 Å². The Morgan fingerprint density at radius 3 is 1.59 bits per heavy atom. The molecule has 5 aromatic carbocycles. The van der Waals surface area contributed by atoms with E-state index >= 15 is 0 Å². The van der Waals surface area contributed by atoms with Crippen molar-refractivity contribution >= 4 is 44.9 Å². The van der Waals surface area contributed by atoms with E-state index in [1.165, 1.54) is 11.3 Å². The van der Waals surface area contributed by atoms with Crippen molar-refractivity contribution in [2.75, 3.05) is 24.7 Å². The first-order chi connectivity index (χ1) is 30.3. The van der Waals surface area contributed by atoms with Crippen LogP contribution in [0.4, 0.5) is 11.4 Å². The molecular formula is C52H53Cl2N9. The number of rotatable bonds is 7. The van der Waals surface area contributed by atoms with Crippen molar-refractivity contribution in [3.8, 4) is 28.5 Å². The highest BCUT2D eigenvalue weighted by molar-refractivity contribution is 6.71. The van der Waals surface area contributed by atoms with E-state index in [0.717, 1.165) is 73.6 Å². The van der Waals surface area contributed by atoms with Gasteiger partial charge in [-0.3, -0.25) is 14.5 Å². The second kappa shape index (κ2) is 23.3. The molecule has 11 heteroatoms. The Morgan fingerprint density at radius 1 is 0.524 bits per heavy atom. The second-order valence-corrected chi connectivity index (χ2v) is 15.5. The molecule has 3 aromatic heterocycles. The van der Waals surface area contributed by atoms with Crippen molar-refractivity contribution in [3.05, 3.63) is 209 Å². The minimum atomic E-state index is 0.312. The summed E-state index contributed by atoms with van der Waals surface area (Å²) in [5.41, 5.74) is 18.4. The molecule has 63 heavy (non-hydrogen) atoms. The van der Waals surface area contributed by atoms with Crippen LogP contribution in [-0.2, 0) is 0 Å². The Labute approximate surface area is 381 Å². The van der Waals surface area contributed by atoms with Crippen molar-refractivity contribution < 1.29 is 0 Å². The molecule has 0 aliphatic heterocycles. The summed E-state index contributed by atoms with van der Waals surface area (Å²) in [5, 5.41) is 17.6. The molecule has 320 valence electrons. The largest absolute Gasteiger partial charge is 0.397 e. The number of aryl methyl sites for hydroxylation is 6. The van der Waals surface area contributed by atoms with Gasteiger partial charge in [0.05, 0.1) is 22.8 Å². The van der Waals surface area contributed by atoms with Gasteiger partial charge in [0.1, 0.15) is 0 Å². The molecule has 0 spiro atoms. The number of para-hydroxylation sites is 1. The minimum Gasteiger partial charge on any atom is -0.397 e. The third-order valence-electron chi connectivity index (χ3n) is 9.66. The van der Waals surface area contributed by atoms with E-state index < -0.39 is 0 Å². The fraction of sp³-hybridized carbons (Fsp3) is 0.154. The highest BCUT2D eigenvalue weighted by Crippen LogP contribution is 2.31. The normalized spacial score (nSPS) is 11.0. The van der Waals surface area contributed by atoms with Crippen molar-refractivity contribution in [3.63, 3.8) is 0 Å². The third kappa shape index (κ3) is 13.5. The van der Waals surface area contributed by atoms with Crippen LogP contribution in [-0.4, -0.2) is 49.2 Å². The molecule has 0 fully saturated rings. The van der Waals surface area contributed by atoms with E-state index in [0.29, 0.717) is 10.3 Å². The Balaban J connectivity index is 0.000000176. The molecule has 0 saturated heterocycles. The number of hydrogen-bond donors (Lipinski definition) is 1. The van der Waals surface area contributed by atoms with E-state index in [4.69, 9.17) is 28.9 Å². The maximum atomic E-state index is 6.13. The van der Waals surface area contributed by atoms with E-state index in [1.54, 1.807) is 0 Å². The standard InChI is InChI=1S/C22H20N4.C15H12Cl2N2.C8H11N.C7H10N2/c1-15-9-7-8-12-19(15)22-25-24-21(18-10-5-4-6-11-18)26(22)20-14-13-16(2)23-17(20)3;1-11-7-5-6-10-13(11)15(17)19-18-14(16)12-8-3-2-4-9-12;1-9(2)8-6-4-3-5-7-8;1-5-3-4-7(8)6(2)9-5/h4-14H,1-3H3;2-10H,1H3;3-7H,1-2H3;3-4H,8H2,1-2H3/b;18-14-,19-15-;;. The van der Waals surface area contributed by atoms with Crippen LogP contribution in [0.3, 0.4) is 0 Å². The van der Waals surface area contributed by atoms with Crippen LogP contribution in [0.2, 0.25) is 0 Å². The van der Waals surface area contributed by atoms with Crippen LogP contribution in [0.1, 0.15) is 45.0 Å². The number of nitrogens with zero attached hydrogens (tertiary/aromatic N) is 8. The zero-order valence-corrected chi connectivity index (χ0v) is 38.5. The minimum absolute atomic E-state index is 0.312. The fourth-order valence-corrected chi connectivity index (χ4v) is 6.62. The average Bonchev–Trinajstić information content (AvgIpc) is 3.73. The highest BCUT2D eigenvalue weighted by atomic mass is 35.5. The summed E-state index contributed by atoms with van der Waals surface area (Å²) in [4.78, 5) is 10.9. The summed E-state index contributed by atoms with van der Waals surface area (Å²) < 4.78 is 2.11. The molecule has 0 amide bonds. The van der Waals surface area contributed by atoms with Gasteiger partial charge in [-0.2, -0.15) is 0 Å². The second-order valence-electron chi connectivity index (χ2n) is 14.7. The number of aromatic nitrogens is 5. The molecule has 0 radical (unpaired) electrons. The average molecular weight is 875 g/mol. The lowest BCUT2D eigenvalue weighted by Crippen LogP contribution is -2.07. The summed E-state index contributed by atoms with van der Waals surface area (Å²) in [7, 11) is 4.07. The fourth-order valence-electron chi connectivity index (χ4n) is 6.20. The van der Waals surface area contributed by atoms with Gasteiger partial charge >= 0.3 is 0 Å². The topological polar surface area (TPSA) is 110 Å². The van der Waals surface area contributed by atoms with Crippen LogP contribution in [0.15, 0.2) is 174 Å². The Bertz CT molecular complexity index is 2750. The van der Waals surface area contributed by atoms with Crippen LogP contribution >= 0.6 is 23.2 Å². The van der Waals surface area contributed by atoms with Crippen molar-refractivity contribution in [2.45, 2.75) is 41.5 Å². The molecule has 0 aliphatic rings. The number of benzene rings is 5. The Hall–Kier alpha value is -6.94. The van der Waals surface area contributed by atoms with E-state index in [2.05, 4.69) is 89.2 Å². The Kier molecular flexibility index (Phi) is 17.4. The predicted molar refractivity (Wildman–Crippen MR) is 266 cm³/mol. The molecule has 8 rings (SSSR count). The summed E-state index contributed by atoms with van der Waals surface area (Å²) in [6, 6.07) is 53.7. The molecule has 0 saturated carbocycles. The maximum Gasteiger partial charge on any atom is 0.169 e. The molecule has 2 N–H and O–H groups in total. The van der Waals surface area contributed by atoms with Crippen LogP contribution in [0.25, 0.3) is 28.5 Å². The molecule has 3 heterocycles. The molecular weight excluding hydrogens is 822 g/mol. The molecule has 0 aliphatic carbocycles. The Morgan fingerprint density at radius 2 is 1.03 bits per heavy atom. The first kappa shape index (κ1) is 47.1. The van der Waals surface area contributed by atoms with Gasteiger partial charge in [0.2, 0.25) is 0 Å². The molecule has 0 bridgehead atoms. The molecule has 0 unspecified atom stereocenters. The lowest BCUT2D eigenvalue weighted by atomic mass is 10.1. The number of hydrogen-bond acceptors (Lipinski definition) is 8. The smallest absolute Gasteiger partial charge is 0.169 e. The number of halogens is 2. The summed E-state index contributed by atoms with van der Waals surface area (Å²) in [6.45, 7) is 11.9. The van der Waals surface area contributed by atoms with Gasteiger partial charge < -0.3 is 10.6 Å². The van der Waals surface area contributed by atoms with Gasteiger partial charge in [-0.25, -0.2) is 0 Å². The van der Waals surface area contributed by atoms with Crippen LogP contribution < -0.4 is 10.6 Å². The van der Waals surface area contributed by atoms with Crippen LogP contribution in [0.5, 0.6) is 0 Å². The summed E-state index contributed by atoms with van der Waals surface area (Å²) >= 11 is 12.2. The third-order valence-corrected chi connectivity index (χ3v) is 10.2. The number of nitrogens with two attached hydrogens (primary N) is 1. The first-order valence-corrected chi connectivity index (χ1v) is 21.1. The molecule has 0 atom stereocenters. The summed E-state index contributed by atoms with van der Waals surface area (Å²) in [5.74, 6) is 1.65. The van der Waals surface area contributed by atoms with Gasteiger partial charge in [0.15, 0.2) is 22.0 Å². The first-order valence-electron chi connectivity index (χ1n) is 20.4. The zero-order chi connectivity index (χ0) is 45.3. The van der Waals surface area contributed by atoms with Crippen molar-refractivity contribution in [2.24, 2.45) is 10.2 Å². The predicted octanol–water partition coefficient (Wildman–Crippen LogP) is 12.5.